The van der Waals surface area contributed by atoms with Crippen LogP contribution in [0.3, 0.4) is 0 Å². The summed E-state index contributed by atoms with van der Waals surface area (Å²) in [6, 6.07) is 11.1. The number of amides is 1. The van der Waals surface area contributed by atoms with Crippen LogP contribution >= 0.6 is 0 Å². The van der Waals surface area contributed by atoms with Gasteiger partial charge in [-0.05, 0) is 29.8 Å². The van der Waals surface area contributed by atoms with Gasteiger partial charge in [0.1, 0.15) is 34.6 Å². The standard InChI is InChI=1S/C24H20F2N2O5S/c1-28-7-9-32-21-5-3-2-4-16(21)17-12-20(19(26)13-18(17)25)27-34(30,31)22-11-15(24(28)29)10-14-6-8-33-23(14)22/h2-5,10-13,27H,6-9H2,1H3. The number of rotatable bonds is 0. The van der Waals surface area contributed by atoms with E-state index >= 15 is 0 Å². The van der Waals surface area contributed by atoms with E-state index in [9.17, 15) is 22.0 Å². The molecule has 0 fully saturated rings. The summed E-state index contributed by atoms with van der Waals surface area (Å²) in [7, 11) is -2.82. The van der Waals surface area contributed by atoms with Gasteiger partial charge in [-0.25, -0.2) is 17.2 Å². The van der Waals surface area contributed by atoms with Crippen LogP contribution in [0.25, 0.3) is 11.1 Å². The highest BCUT2D eigenvalue weighted by molar-refractivity contribution is 7.92. The molecule has 3 aromatic rings. The Morgan fingerprint density at radius 3 is 2.59 bits per heavy atom. The maximum Gasteiger partial charge on any atom is 0.265 e. The Balaban J connectivity index is 1.72. The highest BCUT2D eigenvalue weighted by Gasteiger charge is 2.30. The quantitative estimate of drug-likeness (QED) is 0.522. The lowest BCUT2D eigenvalue weighted by atomic mass is 10.0. The normalized spacial score (nSPS) is 16.8. The van der Waals surface area contributed by atoms with E-state index in [1.165, 1.54) is 11.0 Å². The van der Waals surface area contributed by atoms with Crippen LogP contribution < -0.4 is 14.2 Å². The van der Waals surface area contributed by atoms with Crippen molar-refractivity contribution in [2.45, 2.75) is 11.3 Å². The van der Waals surface area contributed by atoms with Crippen molar-refractivity contribution in [1.29, 1.82) is 0 Å². The number of hydrogen-bond donors (Lipinski definition) is 1. The van der Waals surface area contributed by atoms with Crippen molar-refractivity contribution in [2.24, 2.45) is 0 Å². The lowest BCUT2D eigenvalue weighted by Gasteiger charge is -2.19. The third kappa shape index (κ3) is 3.83. The Hall–Kier alpha value is -3.66. The number of ether oxygens (including phenoxy) is 2. The molecule has 0 spiro atoms. The maximum absolute atomic E-state index is 14.8. The molecule has 4 bridgehead atoms. The molecular formula is C24H20F2N2O5S. The first-order valence-corrected chi connectivity index (χ1v) is 12.0. The predicted octanol–water partition coefficient (Wildman–Crippen LogP) is 3.83. The summed E-state index contributed by atoms with van der Waals surface area (Å²) in [5.41, 5.74) is 0.551. The second-order valence-corrected chi connectivity index (χ2v) is 9.70. The van der Waals surface area contributed by atoms with Crippen molar-refractivity contribution in [2.75, 3.05) is 31.5 Å². The minimum absolute atomic E-state index is 0.0377. The van der Waals surface area contributed by atoms with Crippen LogP contribution in [0.4, 0.5) is 14.5 Å². The van der Waals surface area contributed by atoms with Gasteiger partial charge >= 0.3 is 0 Å². The van der Waals surface area contributed by atoms with Crippen LogP contribution in [0, 0.1) is 11.6 Å². The first kappa shape index (κ1) is 22.1. The number of carbonyl (C=O) groups is 1. The van der Waals surface area contributed by atoms with E-state index in [2.05, 4.69) is 4.72 Å². The molecule has 2 heterocycles. The molecule has 0 atom stereocenters. The fraction of sp³-hybridized carbons (Fsp3) is 0.208. The van der Waals surface area contributed by atoms with Crippen molar-refractivity contribution < 1.29 is 31.5 Å². The zero-order valence-electron chi connectivity index (χ0n) is 18.1. The van der Waals surface area contributed by atoms with Gasteiger partial charge < -0.3 is 14.4 Å². The fourth-order valence-corrected chi connectivity index (χ4v) is 5.33. The Kier molecular flexibility index (Phi) is 5.40. The summed E-state index contributed by atoms with van der Waals surface area (Å²) in [6.07, 6.45) is 0.427. The zero-order valence-corrected chi connectivity index (χ0v) is 18.9. The minimum atomic E-state index is -4.40. The van der Waals surface area contributed by atoms with E-state index in [1.807, 2.05) is 0 Å². The van der Waals surface area contributed by atoms with Gasteiger partial charge in [0.2, 0.25) is 0 Å². The zero-order chi connectivity index (χ0) is 24.0. The number of halogens is 2. The summed E-state index contributed by atoms with van der Waals surface area (Å²) in [5.74, 6) is -1.94. The van der Waals surface area contributed by atoms with Gasteiger partial charge in [-0.15, -0.1) is 0 Å². The molecule has 0 aromatic heterocycles. The lowest BCUT2D eigenvalue weighted by Crippen LogP contribution is -2.31. The molecular weight excluding hydrogens is 466 g/mol. The van der Waals surface area contributed by atoms with Crippen LogP contribution in [0.2, 0.25) is 0 Å². The van der Waals surface area contributed by atoms with E-state index in [-0.39, 0.29) is 41.5 Å². The van der Waals surface area contributed by atoms with E-state index in [0.717, 1.165) is 6.07 Å². The summed E-state index contributed by atoms with van der Waals surface area (Å²) in [4.78, 5) is 14.2. The van der Waals surface area contributed by atoms with Crippen molar-refractivity contribution in [1.82, 2.24) is 4.90 Å². The number of sulfonamides is 1. The van der Waals surface area contributed by atoms with Crippen LogP contribution in [0.5, 0.6) is 11.5 Å². The molecule has 2 aliphatic rings. The van der Waals surface area contributed by atoms with Gasteiger partial charge in [-0.3, -0.25) is 9.52 Å². The molecule has 1 N–H and O–H groups in total. The molecule has 34 heavy (non-hydrogen) atoms. The van der Waals surface area contributed by atoms with E-state index < -0.39 is 33.3 Å². The fourth-order valence-electron chi connectivity index (χ4n) is 4.06. The Morgan fingerprint density at radius 1 is 0.971 bits per heavy atom. The number of likely N-dealkylation sites (N-methyl/N-ethyl adjacent to an activating group) is 1. The van der Waals surface area contributed by atoms with Crippen molar-refractivity contribution in [3.05, 3.63) is 71.3 Å². The number of para-hydroxylation sites is 1. The number of fused-ring (bicyclic) bond motifs is 8. The lowest BCUT2D eigenvalue weighted by molar-refractivity contribution is 0.0773. The molecule has 2 aliphatic heterocycles. The number of nitrogens with zero attached hydrogens (tertiary/aromatic N) is 1. The second-order valence-electron chi connectivity index (χ2n) is 8.05. The van der Waals surface area contributed by atoms with Gasteiger partial charge in [0.05, 0.1) is 18.8 Å². The van der Waals surface area contributed by atoms with Gasteiger partial charge in [-0.1, -0.05) is 18.2 Å². The van der Waals surface area contributed by atoms with Crippen LogP contribution in [0.15, 0.2) is 53.4 Å². The summed E-state index contributed by atoms with van der Waals surface area (Å²) in [6.45, 7) is 0.551. The minimum Gasteiger partial charge on any atom is -0.492 e. The van der Waals surface area contributed by atoms with Gasteiger partial charge in [0.15, 0.2) is 0 Å². The van der Waals surface area contributed by atoms with Crippen molar-refractivity contribution >= 4 is 21.6 Å². The van der Waals surface area contributed by atoms with E-state index in [4.69, 9.17) is 9.47 Å². The van der Waals surface area contributed by atoms with E-state index in [0.29, 0.717) is 29.4 Å². The summed E-state index contributed by atoms with van der Waals surface area (Å²) >= 11 is 0. The van der Waals surface area contributed by atoms with Crippen LogP contribution in [-0.2, 0) is 16.4 Å². The molecule has 176 valence electrons. The summed E-state index contributed by atoms with van der Waals surface area (Å²) < 4.78 is 69.7. The molecule has 0 radical (unpaired) electrons. The molecule has 1 amide bonds. The maximum atomic E-state index is 14.8. The van der Waals surface area contributed by atoms with Crippen molar-refractivity contribution in [3.8, 4) is 22.6 Å². The highest BCUT2D eigenvalue weighted by atomic mass is 32.2. The third-order valence-electron chi connectivity index (χ3n) is 5.80. The average Bonchev–Trinajstić information content (AvgIpc) is 3.28. The van der Waals surface area contributed by atoms with E-state index in [1.54, 1.807) is 37.4 Å². The average molecular weight is 486 g/mol. The van der Waals surface area contributed by atoms with Crippen molar-refractivity contribution in [3.63, 3.8) is 0 Å². The smallest absolute Gasteiger partial charge is 0.265 e. The largest absolute Gasteiger partial charge is 0.492 e. The topological polar surface area (TPSA) is 84.9 Å². The van der Waals surface area contributed by atoms with Crippen LogP contribution in [0.1, 0.15) is 15.9 Å². The molecule has 7 nitrogen and oxygen atoms in total. The molecule has 3 aromatic carbocycles. The predicted molar refractivity (Wildman–Crippen MR) is 121 cm³/mol. The second kappa shape index (κ2) is 8.28. The molecule has 0 saturated carbocycles. The SMILES string of the molecule is CN1CCOc2ccccc2-c2cc(c(F)cc2F)NS(=O)(=O)c2cc(cc3c2OCC3)C1=O. The third-order valence-corrected chi connectivity index (χ3v) is 7.17. The Bertz CT molecular complexity index is 1430. The molecule has 0 saturated heterocycles. The number of hydrogen-bond acceptors (Lipinski definition) is 5. The molecule has 10 heteroatoms. The number of benzene rings is 3. The Morgan fingerprint density at radius 2 is 1.76 bits per heavy atom. The number of carbonyl (C=O) groups excluding carboxylic acids is 1. The molecule has 0 aliphatic carbocycles. The highest BCUT2D eigenvalue weighted by Crippen LogP contribution is 2.38. The number of anilines is 1. The van der Waals surface area contributed by atoms with Gasteiger partial charge in [0.25, 0.3) is 15.9 Å². The number of nitrogens with one attached hydrogen (secondary N) is 1. The first-order valence-electron chi connectivity index (χ1n) is 10.5. The Labute approximate surface area is 195 Å². The monoisotopic (exact) mass is 486 g/mol. The van der Waals surface area contributed by atoms with Gasteiger partial charge in [0, 0.05) is 36.2 Å². The van der Waals surface area contributed by atoms with Crippen LogP contribution in [-0.4, -0.2) is 46.0 Å². The molecule has 0 unspecified atom stereocenters. The summed E-state index contributed by atoms with van der Waals surface area (Å²) in [5, 5.41) is 0. The molecule has 5 rings (SSSR count). The first-order chi connectivity index (χ1) is 16.2. The van der Waals surface area contributed by atoms with Gasteiger partial charge in [-0.2, -0.15) is 0 Å².